The fourth-order valence-corrected chi connectivity index (χ4v) is 4.27. The first kappa shape index (κ1) is 21.3. The number of imidazole rings is 2. The third kappa shape index (κ3) is 4.13. The fraction of sp³-hybridized carbons (Fsp3) is 0.125. The van der Waals surface area contributed by atoms with E-state index < -0.39 is 0 Å². The number of anilines is 1. The minimum absolute atomic E-state index is 0.175. The summed E-state index contributed by atoms with van der Waals surface area (Å²) in [5.74, 6) is 1.26. The number of pyridine rings is 1. The van der Waals surface area contributed by atoms with Gasteiger partial charge in [0.05, 0.1) is 40.2 Å². The van der Waals surface area contributed by atoms with E-state index in [-0.39, 0.29) is 5.91 Å². The van der Waals surface area contributed by atoms with Crippen LogP contribution in [-0.4, -0.2) is 32.4 Å². The smallest absolute Gasteiger partial charge is 0.221 e. The lowest BCUT2D eigenvalue weighted by Gasteiger charge is -2.12. The number of ether oxygens (including phenoxy) is 1. The van der Waals surface area contributed by atoms with E-state index in [4.69, 9.17) is 32.9 Å². The van der Waals surface area contributed by atoms with Gasteiger partial charge in [-0.25, -0.2) is 9.97 Å². The Labute approximate surface area is 199 Å². The van der Waals surface area contributed by atoms with Crippen LogP contribution in [0.5, 0.6) is 5.75 Å². The van der Waals surface area contributed by atoms with Crippen LogP contribution in [0.3, 0.4) is 0 Å². The van der Waals surface area contributed by atoms with Gasteiger partial charge in [-0.05, 0) is 48.5 Å². The predicted molar refractivity (Wildman–Crippen MR) is 130 cm³/mol. The summed E-state index contributed by atoms with van der Waals surface area (Å²) in [7, 11) is 1.60. The van der Waals surface area contributed by atoms with Crippen molar-refractivity contribution in [1.29, 1.82) is 0 Å². The van der Waals surface area contributed by atoms with Gasteiger partial charge in [-0.1, -0.05) is 23.2 Å². The number of hydrogen-bond acceptors (Lipinski definition) is 4. The van der Waals surface area contributed by atoms with E-state index in [0.717, 1.165) is 33.8 Å². The maximum absolute atomic E-state index is 11.8. The Morgan fingerprint density at radius 2 is 1.97 bits per heavy atom. The van der Waals surface area contributed by atoms with Crippen molar-refractivity contribution in [3.8, 4) is 17.0 Å². The summed E-state index contributed by atoms with van der Waals surface area (Å²) < 4.78 is 7.19. The molecule has 0 bridgehead atoms. The van der Waals surface area contributed by atoms with Crippen LogP contribution in [0.25, 0.3) is 27.9 Å². The van der Waals surface area contributed by atoms with Crippen LogP contribution in [0.1, 0.15) is 18.4 Å². The monoisotopic (exact) mass is 479 g/mol. The highest BCUT2D eigenvalue weighted by Gasteiger charge is 2.16. The number of nitrogens with zero attached hydrogens (tertiary/aromatic N) is 3. The summed E-state index contributed by atoms with van der Waals surface area (Å²) in [5, 5.41) is 4.04. The van der Waals surface area contributed by atoms with Crippen molar-refractivity contribution in [2.75, 3.05) is 12.4 Å². The Balaban J connectivity index is 1.61. The molecular weight excluding hydrogens is 461 g/mol. The largest absolute Gasteiger partial charge is 0.497 e. The van der Waals surface area contributed by atoms with Gasteiger partial charge in [0.15, 0.2) is 5.65 Å². The van der Waals surface area contributed by atoms with Crippen molar-refractivity contribution in [3.63, 3.8) is 0 Å². The first-order valence-corrected chi connectivity index (χ1v) is 10.9. The van der Waals surface area contributed by atoms with Crippen LogP contribution in [0.4, 0.5) is 5.69 Å². The van der Waals surface area contributed by atoms with E-state index in [9.17, 15) is 4.79 Å². The molecule has 0 aliphatic heterocycles. The molecule has 0 saturated heterocycles. The van der Waals surface area contributed by atoms with E-state index >= 15 is 0 Å². The normalized spacial score (nSPS) is 11.3. The Hall–Kier alpha value is -3.55. The van der Waals surface area contributed by atoms with Gasteiger partial charge in [-0.3, -0.25) is 9.20 Å². The first-order valence-electron chi connectivity index (χ1n) is 10.2. The molecule has 1 amide bonds. The van der Waals surface area contributed by atoms with E-state index in [0.29, 0.717) is 33.6 Å². The molecule has 5 rings (SSSR count). The van der Waals surface area contributed by atoms with E-state index in [1.54, 1.807) is 13.2 Å². The van der Waals surface area contributed by atoms with Crippen LogP contribution in [0.2, 0.25) is 10.0 Å². The highest BCUT2D eigenvalue weighted by atomic mass is 35.5. The maximum atomic E-state index is 11.8. The number of hydrogen-bond donors (Lipinski definition) is 2. The molecule has 0 unspecified atom stereocenters. The molecule has 9 heteroatoms. The molecular formula is C24H19Cl2N5O2. The van der Waals surface area contributed by atoms with Gasteiger partial charge >= 0.3 is 0 Å². The third-order valence-corrected chi connectivity index (χ3v) is 5.82. The molecule has 33 heavy (non-hydrogen) atoms. The van der Waals surface area contributed by atoms with Crippen LogP contribution in [-0.2, 0) is 11.2 Å². The molecule has 2 N–H and O–H groups in total. The minimum atomic E-state index is -0.175. The highest BCUT2D eigenvalue weighted by molar-refractivity contribution is 6.33. The Morgan fingerprint density at radius 1 is 1.12 bits per heavy atom. The molecule has 166 valence electrons. The maximum Gasteiger partial charge on any atom is 0.221 e. The second-order valence-corrected chi connectivity index (χ2v) is 8.45. The topological polar surface area (TPSA) is 84.3 Å². The van der Waals surface area contributed by atoms with E-state index in [1.807, 2.05) is 53.1 Å². The number of fused-ring (bicyclic) bond motifs is 2. The van der Waals surface area contributed by atoms with Gasteiger partial charge in [0, 0.05) is 30.1 Å². The van der Waals surface area contributed by atoms with Gasteiger partial charge in [0.25, 0.3) is 0 Å². The predicted octanol–water partition coefficient (Wildman–Crippen LogP) is 5.74. The number of carbonyl (C=O) groups excluding carboxylic acids is 1. The summed E-state index contributed by atoms with van der Waals surface area (Å²) >= 11 is 12.6. The van der Waals surface area contributed by atoms with Crippen molar-refractivity contribution in [2.24, 2.45) is 0 Å². The minimum Gasteiger partial charge on any atom is -0.497 e. The summed E-state index contributed by atoms with van der Waals surface area (Å²) in [6, 6.07) is 14.8. The average molecular weight is 480 g/mol. The number of methoxy groups -OCH3 is 1. The number of nitrogens with one attached hydrogen (secondary N) is 2. The summed E-state index contributed by atoms with van der Waals surface area (Å²) in [6.07, 6.45) is 2.40. The van der Waals surface area contributed by atoms with Gasteiger partial charge in [0.1, 0.15) is 11.6 Å². The van der Waals surface area contributed by atoms with Crippen molar-refractivity contribution in [2.45, 2.75) is 13.3 Å². The lowest BCUT2D eigenvalue weighted by molar-refractivity contribution is -0.114. The molecule has 3 aromatic heterocycles. The number of amides is 1. The zero-order chi connectivity index (χ0) is 23.1. The van der Waals surface area contributed by atoms with Gasteiger partial charge < -0.3 is 15.0 Å². The third-order valence-electron chi connectivity index (χ3n) is 5.27. The molecule has 7 nitrogen and oxygen atoms in total. The van der Waals surface area contributed by atoms with Crippen LogP contribution in [0, 0.1) is 0 Å². The van der Waals surface area contributed by atoms with Crippen LogP contribution in [0.15, 0.2) is 54.7 Å². The fourth-order valence-electron chi connectivity index (χ4n) is 3.83. The standard InChI is InChI=1S/C24H19Cl2N5O2/c1-13(32)27-20-7-8-22(17-5-4-16(33-2)11-18(17)26)31-12-15(28-24(20)31)10-23-29-19-6-3-14(25)9-21(19)30-23/h3-9,11-12H,10H2,1-2H3,(H,27,32)(H,29,30). The quantitative estimate of drug-likeness (QED) is 0.336. The Morgan fingerprint density at radius 3 is 2.73 bits per heavy atom. The first-order chi connectivity index (χ1) is 15.9. The number of halogens is 2. The SMILES string of the molecule is COc1ccc(-c2ccc(NC(C)=O)c3nc(Cc4nc5ccc(Cl)cc5[nH]4)cn23)c(Cl)c1. The lowest BCUT2D eigenvalue weighted by atomic mass is 10.1. The molecule has 3 heterocycles. The van der Waals surface area contributed by atoms with Crippen molar-refractivity contribution in [3.05, 3.63) is 76.3 Å². The number of aromatic amines is 1. The zero-order valence-electron chi connectivity index (χ0n) is 17.8. The van der Waals surface area contributed by atoms with Crippen LogP contribution >= 0.6 is 23.2 Å². The zero-order valence-corrected chi connectivity index (χ0v) is 19.3. The van der Waals surface area contributed by atoms with Crippen LogP contribution < -0.4 is 10.1 Å². The van der Waals surface area contributed by atoms with Crippen molar-refractivity contribution < 1.29 is 9.53 Å². The summed E-state index contributed by atoms with van der Waals surface area (Å²) in [6.45, 7) is 1.47. The molecule has 0 spiro atoms. The van der Waals surface area contributed by atoms with Gasteiger partial charge in [0.2, 0.25) is 5.91 Å². The average Bonchev–Trinajstić information content (AvgIpc) is 3.37. The lowest BCUT2D eigenvalue weighted by Crippen LogP contribution is -2.07. The number of rotatable bonds is 5. The molecule has 0 radical (unpaired) electrons. The Kier molecular flexibility index (Phi) is 5.44. The molecule has 2 aromatic carbocycles. The molecule has 5 aromatic rings. The second kappa shape index (κ2) is 8.42. The van der Waals surface area contributed by atoms with Crippen molar-refractivity contribution in [1.82, 2.24) is 19.4 Å². The molecule has 0 fully saturated rings. The molecule has 0 saturated carbocycles. The number of H-pyrrole nitrogens is 1. The van der Waals surface area contributed by atoms with Crippen molar-refractivity contribution >= 4 is 51.5 Å². The van der Waals surface area contributed by atoms with E-state index in [1.165, 1.54) is 6.92 Å². The summed E-state index contributed by atoms with van der Waals surface area (Å²) in [4.78, 5) is 24.5. The highest BCUT2D eigenvalue weighted by Crippen LogP contribution is 2.33. The van der Waals surface area contributed by atoms with Gasteiger partial charge in [-0.2, -0.15) is 0 Å². The van der Waals surface area contributed by atoms with E-state index in [2.05, 4.69) is 15.3 Å². The number of aromatic nitrogens is 4. The number of benzene rings is 2. The molecule has 0 aliphatic rings. The summed E-state index contributed by atoms with van der Waals surface area (Å²) in [5.41, 5.74) is 5.36. The molecule has 0 atom stereocenters. The molecule has 0 aliphatic carbocycles. The van der Waals surface area contributed by atoms with Gasteiger partial charge in [-0.15, -0.1) is 0 Å². The Bertz CT molecular complexity index is 1520. The second-order valence-electron chi connectivity index (χ2n) is 7.61. The number of carbonyl (C=O) groups is 1.